The van der Waals surface area contributed by atoms with Crippen LogP contribution in [0.15, 0.2) is 17.4 Å². The molecule has 1 fully saturated rings. The lowest BCUT2D eigenvalue weighted by atomic mass is 10.3. The number of nitrogens with one attached hydrogen (secondary N) is 1. The van der Waals surface area contributed by atoms with Crippen LogP contribution in [0.5, 0.6) is 0 Å². The topological polar surface area (TPSA) is 95.3 Å². The molecule has 0 unspecified atom stereocenters. The second-order valence-electron chi connectivity index (χ2n) is 6.19. The number of methoxy groups -OCH3 is 1. The third-order valence-electron chi connectivity index (χ3n) is 3.98. The van der Waals surface area contributed by atoms with Gasteiger partial charge >= 0.3 is 0 Å². The highest BCUT2D eigenvalue weighted by Gasteiger charge is 2.27. The number of halogens is 1. The van der Waals surface area contributed by atoms with E-state index < -0.39 is 0 Å². The van der Waals surface area contributed by atoms with Crippen molar-refractivity contribution in [1.82, 2.24) is 24.9 Å². The fraction of sp³-hybridized carbons (Fsp3) is 0.625. The number of hydrogen-bond donors (Lipinski definition) is 1. The monoisotopic (exact) mass is 493 g/mol. The maximum Gasteiger partial charge on any atom is 0.246 e. The smallest absolute Gasteiger partial charge is 0.246 e. The number of aryl methyl sites for hydroxylation is 1. The van der Waals surface area contributed by atoms with Crippen LogP contribution in [0.1, 0.15) is 0 Å². The largest absolute Gasteiger partial charge is 0.383 e. The number of anilines is 1. The molecule has 1 aromatic heterocycles. The normalized spacial score (nSPS) is 14.8. The maximum atomic E-state index is 12.6. The van der Waals surface area contributed by atoms with Crippen LogP contribution in [-0.2, 0) is 21.4 Å². The van der Waals surface area contributed by atoms with Crippen LogP contribution >= 0.6 is 24.0 Å². The number of guanidine groups is 1. The van der Waals surface area contributed by atoms with Crippen LogP contribution in [-0.4, -0.2) is 97.9 Å². The summed E-state index contributed by atoms with van der Waals surface area (Å²) in [6, 6.07) is 0. The van der Waals surface area contributed by atoms with Gasteiger partial charge in [0.15, 0.2) is 5.96 Å². The van der Waals surface area contributed by atoms with E-state index in [1.165, 1.54) is 4.90 Å². The molecular formula is C16H28IN7O3. The number of piperazine rings is 1. The summed E-state index contributed by atoms with van der Waals surface area (Å²) in [4.78, 5) is 33.8. The summed E-state index contributed by atoms with van der Waals surface area (Å²) < 4.78 is 6.71. The van der Waals surface area contributed by atoms with Crippen molar-refractivity contribution in [3.8, 4) is 0 Å². The molecule has 0 aromatic carbocycles. The molecule has 0 atom stereocenters. The van der Waals surface area contributed by atoms with E-state index in [4.69, 9.17) is 4.74 Å². The van der Waals surface area contributed by atoms with Crippen molar-refractivity contribution in [3.05, 3.63) is 12.4 Å². The second-order valence-corrected chi connectivity index (χ2v) is 6.19. The van der Waals surface area contributed by atoms with Gasteiger partial charge in [-0.3, -0.25) is 14.3 Å². The van der Waals surface area contributed by atoms with Gasteiger partial charge < -0.3 is 24.8 Å². The molecule has 2 amide bonds. The molecule has 0 saturated carbocycles. The van der Waals surface area contributed by atoms with E-state index >= 15 is 0 Å². The fourth-order valence-corrected chi connectivity index (χ4v) is 2.49. The Morgan fingerprint density at radius 2 is 2.15 bits per heavy atom. The Morgan fingerprint density at radius 3 is 2.70 bits per heavy atom. The van der Waals surface area contributed by atoms with E-state index in [1.54, 1.807) is 37.0 Å². The molecule has 0 bridgehead atoms. The first-order valence-corrected chi connectivity index (χ1v) is 8.43. The summed E-state index contributed by atoms with van der Waals surface area (Å²) in [5.74, 6) is 0.400. The first-order valence-electron chi connectivity index (χ1n) is 8.43. The third-order valence-corrected chi connectivity index (χ3v) is 3.98. The van der Waals surface area contributed by atoms with E-state index in [0.29, 0.717) is 32.2 Å². The summed E-state index contributed by atoms with van der Waals surface area (Å²) in [5.41, 5.74) is 0.783. The Hall–Kier alpha value is -1.89. The van der Waals surface area contributed by atoms with Gasteiger partial charge in [0, 0.05) is 54.1 Å². The van der Waals surface area contributed by atoms with Crippen molar-refractivity contribution in [1.29, 1.82) is 0 Å². The lowest BCUT2D eigenvalue weighted by Gasteiger charge is -2.35. The number of rotatable bonds is 6. The third kappa shape index (κ3) is 6.65. The van der Waals surface area contributed by atoms with Gasteiger partial charge in [-0.1, -0.05) is 0 Å². The van der Waals surface area contributed by atoms with Crippen LogP contribution < -0.4 is 10.2 Å². The molecule has 27 heavy (non-hydrogen) atoms. The number of aliphatic imine (C=N–C) groups is 1. The van der Waals surface area contributed by atoms with E-state index in [0.717, 1.165) is 5.69 Å². The lowest BCUT2D eigenvalue weighted by molar-refractivity contribution is -0.127. The van der Waals surface area contributed by atoms with Gasteiger partial charge in [-0.15, -0.1) is 24.0 Å². The predicted molar refractivity (Wildman–Crippen MR) is 113 cm³/mol. The lowest BCUT2D eigenvalue weighted by Crippen LogP contribution is -2.55. The first kappa shape index (κ1) is 23.1. The minimum Gasteiger partial charge on any atom is -0.383 e. The van der Waals surface area contributed by atoms with Gasteiger partial charge in [-0.25, -0.2) is 4.99 Å². The van der Waals surface area contributed by atoms with Crippen LogP contribution in [0.2, 0.25) is 0 Å². The van der Waals surface area contributed by atoms with Gasteiger partial charge in [0.2, 0.25) is 11.8 Å². The fourth-order valence-electron chi connectivity index (χ4n) is 2.49. The predicted octanol–water partition coefficient (Wildman–Crippen LogP) is -0.633. The summed E-state index contributed by atoms with van der Waals surface area (Å²) in [6.07, 6.45) is 3.49. The van der Waals surface area contributed by atoms with Gasteiger partial charge in [0.05, 0.1) is 18.5 Å². The summed E-state index contributed by atoms with van der Waals surface area (Å²) in [6.45, 7) is 2.39. The number of ether oxygens (including phenoxy) is 1. The molecule has 1 N–H and O–H groups in total. The molecule has 2 heterocycles. The maximum absolute atomic E-state index is 12.6. The van der Waals surface area contributed by atoms with Crippen molar-refractivity contribution < 1.29 is 14.3 Å². The minimum absolute atomic E-state index is 0. The van der Waals surface area contributed by atoms with Gasteiger partial charge in [0.25, 0.3) is 0 Å². The van der Waals surface area contributed by atoms with Crippen LogP contribution in [0.4, 0.5) is 5.69 Å². The highest BCUT2D eigenvalue weighted by Crippen LogP contribution is 2.16. The number of aromatic nitrogens is 2. The van der Waals surface area contributed by atoms with Gasteiger partial charge in [-0.05, 0) is 0 Å². The Kier molecular flexibility index (Phi) is 9.49. The number of carbonyl (C=O) groups excluding carboxylic acids is 2. The quantitative estimate of drug-likeness (QED) is 0.246. The number of nitrogens with zero attached hydrogens (tertiary/aromatic N) is 6. The van der Waals surface area contributed by atoms with Crippen molar-refractivity contribution in [2.45, 2.75) is 0 Å². The average molecular weight is 493 g/mol. The molecule has 0 aliphatic carbocycles. The SMILES string of the molecule is COCCNC(=NCC(=O)N(C)C)N1CCN(c2cnn(C)c2)C(=O)C1.I. The molecular weight excluding hydrogens is 465 g/mol. The zero-order valence-electron chi connectivity index (χ0n) is 16.2. The molecule has 1 saturated heterocycles. The second kappa shape index (κ2) is 11.1. The Bertz CT molecular complexity index is 662. The molecule has 11 heteroatoms. The zero-order chi connectivity index (χ0) is 19.1. The van der Waals surface area contributed by atoms with Gasteiger partial charge in [0.1, 0.15) is 13.1 Å². The molecule has 1 aliphatic heterocycles. The van der Waals surface area contributed by atoms with Crippen LogP contribution in [0.3, 0.4) is 0 Å². The van der Waals surface area contributed by atoms with Crippen molar-refractivity contribution in [2.24, 2.45) is 12.0 Å². The number of amides is 2. The van der Waals surface area contributed by atoms with E-state index in [-0.39, 0.29) is 48.9 Å². The number of hydrogen-bond acceptors (Lipinski definition) is 5. The molecule has 0 spiro atoms. The summed E-state index contributed by atoms with van der Waals surface area (Å²) >= 11 is 0. The van der Waals surface area contributed by atoms with Crippen molar-refractivity contribution in [3.63, 3.8) is 0 Å². The summed E-state index contributed by atoms with van der Waals surface area (Å²) in [7, 11) is 6.80. The highest BCUT2D eigenvalue weighted by molar-refractivity contribution is 14.0. The van der Waals surface area contributed by atoms with E-state index in [9.17, 15) is 9.59 Å². The van der Waals surface area contributed by atoms with Crippen molar-refractivity contribution in [2.75, 3.05) is 65.4 Å². The molecule has 1 aromatic rings. The average Bonchev–Trinajstić information content (AvgIpc) is 3.03. The van der Waals surface area contributed by atoms with Crippen LogP contribution in [0.25, 0.3) is 0 Å². The molecule has 2 rings (SSSR count). The molecule has 0 radical (unpaired) electrons. The summed E-state index contributed by atoms with van der Waals surface area (Å²) in [5, 5.41) is 7.27. The number of carbonyl (C=O) groups is 2. The molecule has 10 nitrogen and oxygen atoms in total. The van der Waals surface area contributed by atoms with Crippen LogP contribution in [0, 0.1) is 0 Å². The molecule has 1 aliphatic rings. The standard InChI is InChI=1S/C16H27N7O3.HI/c1-20(2)14(24)10-18-16(17-5-8-26-4)22-6-7-23(15(25)12-22)13-9-19-21(3)11-13;/h9,11H,5-8,10,12H2,1-4H3,(H,17,18);1H. The first-order chi connectivity index (χ1) is 12.4. The minimum atomic E-state index is -0.101. The van der Waals surface area contributed by atoms with E-state index in [1.807, 2.05) is 18.1 Å². The zero-order valence-corrected chi connectivity index (χ0v) is 18.5. The Balaban J connectivity index is 0.00000364. The highest BCUT2D eigenvalue weighted by atomic mass is 127. The van der Waals surface area contributed by atoms with Gasteiger partial charge in [-0.2, -0.15) is 5.10 Å². The Labute approximate surface area is 176 Å². The molecule has 152 valence electrons. The van der Waals surface area contributed by atoms with Crippen molar-refractivity contribution >= 4 is 47.4 Å². The number of likely N-dealkylation sites (N-methyl/N-ethyl adjacent to an activating group) is 1. The van der Waals surface area contributed by atoms with E-state index in [2.05, 4.69) is 15.4 Å². The Morgan fingerprint density at radius 1 is 1.41 bits per heavy atom.